The second-order valence-electron chi connectivity index (χ2n) is 3.41. The van der Waals surface area contributed by atoms with Crippen LogP contribution in [-0.2, 0) is 14.3 Å². The van der Waals surface area contributed by atoms with Crippen LogP contribution >= 0.6 is 0 Å². The van der Waals surface area contributed by atoms with Crippen molar-refractivity contribution >= 4 is 11.7 Å². The predicted molar refractivity (Wildman–Crippen MR) is 58.2 cm³/mol. The standard InChI is InChI=1S/C12H11NO3/c1-2-3-8-4-5-16-10(6-8)11-9(14)7-13-12(11)15/h2-6H,7H2,1H3,(H,13,15). The first-order chi connectivity index (χ1) is 7.72. The maximum absolute atomic E-state index is 11.5. The molecule has 0 spiro atoms. The zero-order valence-corrected chi connectivity index (χ0v) is 8.82. The van der Waals surface area contributed by atoms with Gasteiger partial charge in [-0.05, 0) is 24.6 Å². The van der Waals surface area contributed by atoms with Crippen molar-refractivity contribution in [2.75, 3.05) is 6.54 Å². The Morgan fingerprint density at radius 1 is 1.44 bits per heavy atom. The minimum atomic E-state index is -0.369. The highest BCUT2D eigenvalue weighted by Gasteiger charge is 2.30. The molecule has 2 heterocycles. The van der Waals surface area contributed by atoms with E-state index in [0.717, 1.165) is 5.57 Å². The van der Waals surface area contributed by atoms with Gasteiger partial charge < -0.3 is 10.1 Å². The van der Waals surface area contributed by atoms with Gasteiger partial charge in [0, 0.05) is 0 Å². The number of carbonyl (C=O) groups is 2. The molecule has 0 unspecified atom stereocenters. The van der Waals surface area contributed by atoms with Gasteiger partial charge in [0.1, 0.15) is 11.3 Å². The molecule has 2 aliphatic rings. The summed E-state index contributed by atoms with van der Waals surface area (Å²) in [4.78, 5) is 22.9. The summed E-state index contributed by atoms with van der Waals surface area (Å²) >= 11 is 0. The van der Waals surface area contributed by atoms with Gasteiger partial charge in [0.2, 0.25) is 0 Å². The van der Waals surface area contributed by atoms with E-state index in [0.29, 0.717) is 5.76 Å². The smallest absolute Gasteiger partial charge is 0.259 e. The molecule has 4 heteroatoms. The summed E-state index contributed by atoms with van der Waals surface area (Å²) in [5, 5.41) is 2.47. The maximum Gasteiger partial charge on any atom is 0.259 e. The van der Waals surface area contributed by atoms with Gasteiger partial charge in [-0.25, -0.2) is 0 Å². The van der Waals surface area contributed by atoms with Gasteiger partial charge in [0.05, 0.1) is 12.8 Å². The monoisotopic (exact) mass is 217 g/mol. The second kappa shape index (κ2) is 4.18. The third-order valence-corrected chi connectivity index (χ3v) is 2.27. The van der Waals surface area contributed by atoms with Crippen molar-refractivity contribution in [1.82, 2.24) is 5.32 Å². The van der Waals surface area contributed by atoms with Crippen molar-refractivity contribution < 1.29 is 14.3 Å². The topological polar surface area (TPSA) is 55.4 Å². The largest absolute Gasteiger partial charge is 0.464 e. The summed E-state index contributed by atoms with van der Waals surface area (Å²) < 4.78 is 5.19. The zero-order chi connectivity index (χ0) is 11.5. The summed E-state index contributed by atoms with van der Waals surface area (Å²) in [5.41, 5.74) is 0.995. The molecule has 2 rings (SSSR count). The van der Waals surface area contributed by atoms with Gasteiger partial charge in [-0.15, -0.1) is 0 Å². The van der Waals surface area contributed by atoms with Gasteiger partial charge in [-0.1, -0.05) is 12.2 Å². The lowest BCUT2D eigenvalue weighted by Crippen LogP contribution is -2.15. The lowest BCUT2D eigenvalue weighted by atomic mass is 10.1. The minimum absolute atomic E-state index is 0.0531. The molecule has 2 aliphatic heterocycles. The average molecular weight is 217 g/mol. The molecule has 0 aromatic rings. The van der Waals surface area contributed by atoms with E-state index in [1.54, 1.807) is 12.2 Å². The Morgan fingerprint density at radius 2 is 2.25 bits per heavy atom. The molecule has 1 fully saturated rings. The van der Waals surface area contributed by atoms with Crippen LogP contribution in [0.1, 0.15) is 6.92 Å². The fourth-order valence-electron chi connectivity index (χ4n) is 1.56. The molecule has 16 heavy (non-hydrogen) atoms. The Kier molecular flexibility index (Phi) is 2.72. The van der Waals surface area contributed by atoms with Crippen LogP contribution < -0.4 is 5.32 Å². The number of ether oxygens (including phenoxy) is 1. The number of carbonyl (C=O) groups excluding carboxylic acids is 2. The molecule has 0 aromatic heterocycles. The van der Waals surface area contributed by atoms with Crippen molar-refractivity contribution in [2.45, 2.75) is 6.92 Å². The number of ketones is 1. The molecule has 4 nitrogen and oxygen atoms in total. The number of allylic oxidation sites excluding steroid dienone is 5. The number of nitrogens with one attached hydrogen (secondary N) is 1. The number of amides is 1. The Balaban J connectivity index is 2.41. The second-order valence-corrected chi connectivity index (χ2v) is 3.41. The van der Waals surface area contributed by atoms with Gasteiger partial charge in [-0.3, -0.25) is 9.59 Å². The van der Waals surface area contributed by atoms with Crippen LogP contribution in [0, 0.1) is 0 Å². The molecule has 0 saturated carbocycles. The fourth-order valence-corrected chi connectivity index (χ4v) is 1.56. The maximum atomic E-state index is 11.5. The molecule has 82 valence electrons. The summed E-state index contributed by atoms with van der Waals surface area (Å²) in [6, 6.07) is 0. The summed E-state index contributed by atoms with van der Waals surface area (Å²) in [5.74, 6) is -0.284. The minimum Gasteiger partial charge on any atom is -0.464 e. The van der Waals surface area contributed by atoms with Gasteiger partial charge in [-0.2, -0.15) is 0 Å². The number of hydrogen-bond acceptors (Lipinski definition) is 3. The van der Waals surface area contributed by atoms with E-state index in [9.17, 15) is 9.59 Å². The fraction of sp³-hybridized carbons (Fsp3) is 0.167. The van der Waals surface area contributed by atoms with Crippen molar-refractivity contribution in [3.05, 3.63) is 47.5 Å². The van der Waals surface area contributed by atoms with Crippen molar-refractivity contribution in [1.29, 1.82) is 0 Å². The van der Waals surface area contributed by atoms with Crippen LogP contribution in [0.25, 0.3) is 0 Å². The molecule has 1 amide bonds. The first kappa shape index (κ1) is 10.4. The predicted octanol–water partition coefficient (Wildman–Crippen LogP) is 0.986. The summed E-state index contributed by atoms with van der Waals surface area (Å²) in [6.45, 7) is 1.95. The van der Waals surface area contributed by atoms with Crippen LogP contribution in [0.15, 0.2) is 47.5 Å². The van der Waals surface area contributed by atoms with E-state index in [1.165, 1.54) is 6.26 Å². The molecule has 0 aliphatic carbocycles. The van der Waals surface area contributed by atoms with Gasteiger partial charge in [0.25, 0.3) is 5.91 Å². The van der Waals surface area contributed by atoms with Crippen molar-refractivity contribution in [3.8, 4) is 0 Å². The highest BCUT2D eigenvalue weighted by Crippen LogP contribution is 2.20. The quantitative estimate of drug-likeness (QED) is 0.526. The van der Waals surface area contributed by atoms with E-state index in [-0.39, 0.29) is 23.8 Å². The summed E-state index contributed by atoms with van der Waals surface area (Å²) in [6.07, 6.45) is 8.66. The molecule has 0 aromatic carbocycles. The zero-order valence-electron chi connectivity index (χ0n) is 8.82. The Bertz CT molecular complexity index is 445. The highest BCUT2D eigenvalue weighted by molar-refractivity contribution is 6.25. The van der Waals surface area contributed by atoms with Crippen LogP contribution in [-0.4, -0.2) is 18.2 Å². The lowest BCUT2D eigenvalue weighted by Gasteiger charge is -2.09. The highest BCUT2D eigenvalue weighted by atomic mass is 16.5. The van der Waals surface area contributed by atoms with E-state index in [1.807, 2.05) is 19.1 Å². The Morgan fingerprint density at radius 3 is 2.88 bits per heavy atom. The molecule has 1 saturated heterocycles. The van der Waals surface area contributed by atoms with Crippen LogP contribution in [0.4, 0.5) is 0 Å². The van der Waals surface area contributed by atoms with E-state index in [2.05, 4.69) is 5.32 Å². The number of rotatable bonds is 1. The van der Waals surface area contributed by atoms with Crippen LogP contribution in [0.5, 0.6) is 0 Å². The molecule has 0 atom stereocenters. The number of Topliss-reactive ketones (excluding diaryl/α,β-unsaturated/α-hetero) is 1. The SMILES string of the molecule is CC=CC1=CC(=C2C(=O)CNC2=O)OC=C1. The summed E-state index contributed by atoms with van der Waals surface area (Å²) in [7, 11) is 0. The molecule has 0 bridgehead atoms. The van der Waals surface area contributed by atoms with Crippen LogP contribution in [0.2, 0.25) is 0 Å². The average Bonchev–Trinajstić information content (AvgIpc) is 2.59. The van der Waals surface area contributed by atoms with Crippen LogP contribution in [0.3, 0.4) is 0 Å². The third kappa shape index (κ3) is 1.82. The van der Waals surface area contributed by atoms with E-state index < -0.39 is 0 Å². The Hall–Kier alpha value is -2.10. The van der Waals surface area contributed by atoms with Crippen molar-refractivity contribution in [3.63, 3.8) is 0 Å². The van der Waals surface area contributed by atoms with Gasteiger partial charge in [0.15, 0.2) is 5.78 Å². The van der Waals surface area contributed by atoms with Gasteiger partial charge >= 0.3 is 0 Å². The van der Waals surface area contributed by atoms with Crippen molar-refractivity contribution in [2.24, 2.45) is 0 Å². The Labute approximate surface area is 93.0 Å². The normalized spacial score (nSPS) is 24.7. The molecular weight excluding hydrogens is 206 g/mol. The first-order valence-electron chi connectivity index (χ1n) is 4.95. The third-order valence-electron chi connectivity index (χ3n) is 2.27. The number of hydrogen-bond donors (Lipinski definition) is 1. The molecule has 1 N–H and O–H groups in total. The van der Waals surface area contributed by atoms with E-state index >= 15 is 0 Å². The lowest BCUT2D eigenvalue weighted by molar-refractivity contribution is -0.117. The molecule has 0 radical (unpaired) electrons. The molecular formula is C12H11NO3. The first-order valence-corrected chi connectivity index (χ1v) is 4.95. The van der Waals surface area contributed by atoms with E-state index in [4.69, 9.17) is 4.74 Å².